The zero-order chi connectivity index (χ0) is 29.6. The summed E-state index contributed by atoms with van der Waals surface area (Å²) in [6.45, 7) is 7.84. The first-order valence-corrected chi connectivity index (χ1v) is 14.4. The molecule has 0 saturated heterocycles. The van der Waals surface area contributed by atoms with Gasteiger partial charge in [0.25, 0.3) is 0 Å². The van der Waals surface area contributed by atoms with Crippen molar-refractivity contribution in [2.75, 3.05) is 5.32 Å². The number of carbonyl (C=O) groups is 2. The Morgan fingerprint density at radius 2 is 1.46 bits per heavy atom. The fourth-order valence-electron chi connectivity index (χ4n) is 3.92. The number of furan rings is 1. The Bertz CT molecular complexity index is 1670. The second-order valence-electron chi connectivity index (χ2n) is 9.83. The Kier molecular flexibility index (Phi) is 9.16. The molecule has 0 bridgehead atoms. The summed E-state index contributed by atoms with van der Waals surface area (Å²) in [6, 6.07) is 22.9. The highest BCUT2D eigenvalue weighted by atomic mass is 32.2. The van der Waals surface area contributed by atoms with Crippen LogP contribution in [0, 0.1) is 27.7 Å². The molecule has 4 rings (SSSR count). The average Bonchev–Trinajstić information content (AvgIpc) is 3.39. The van der Waals surface area contributed by atoms with Crippen LogP contribution in [0.5, 0.6) is 0 Å². The lowest BCUT2D eigenvalue weighted by Crippen LogP contribution is -2.32. The number of nitrogens with one attached hydrogen (secondary N) is 2. The minimum atomic E-state index is -3.85. The average molecular weight is 573 g/mol. The van der Waals surface area contributed by atoms with Crippen LogP contribution in [0.15, 0.2) is 93.3 Å². The normalized spacial score (nSPS) is 11.6. The molecule has 4 aromatic rings. The Morgan fingerprint density at radius 3 is 2.12 bits per heavy atom. The van der Waals surface area contributed by atoms with E-state index < -0.39 is 21.8 Å². The smallest absolute Gasteiger partial charge is 0.329 e. The minimum absolute atomic E-state index is 0.0251. The van der Waals surface area contributed by atoms with Crippen molar-refractivity contribution in [3.63, 3.8) is 0 Å². The fourth-order valence-corrected chi connectivity index (χ4v) is 5.31. The Hall–Kier alpha value is -4.54. The summed E-state index contributed by atoms with van der Waals surface area (Å²) < 4.78 is 34.3. The van der Waals surface area contributed by atoms with Gasteiger partial charge in [-0.15, -0.1) is 0 Å². The zero-order valence-corrected chi connectivity index (χ0v) is 24.2. The van der Waals surface area contributed by atoms with Crippen molar-refractivity contribution in [1.82, 2.24) is 9.73 Å². The number of hydrazone groups is 1. The van der Waals surface area contributed by atoms with Crippen molar-refractivity contribution >= 4 is 33.7 Å². The van der Waals surface area contributed by atoms with E-state index in [1.54, 1.807) is 48.5 Å². The molecule has 2 amide bonds. The van der Waals surface area contributed by atoms with Crippen LogP contribution in [0.1, 0.15) is 39.3 Å². The molecular weight excluding hydrogens is 540 g/mol. The third-order valence-corrected chi connectivity index (χ3v) is 8.29. The topological polar surface area (TPSA) is 121 Å². The van der Waals surface area contributed by atoms with Gasteiger partial charge in [-0.25, -0.2) is 13.8 Å². The van der Waals surface area contributed by atoms with E-state index in [9.17, 15) is 18.0 Å². The molecule has 0 spiro atoms. The molecule has 3 aromatic carbocycles. The van der Waals surface area contributed by atoms with Crippen LogP contribution in [0.25, 0.3) is 0 Å². The first-order chi connectivity index (χ1) is 19.5. The van der Waals surface area contributed by atoms with Crippen molar-refractivity contribution in [3.8, 4) is 0 Å². The van der Waals surface area contributed by atoms with Gasteiger partial charge in [-0.3, -0.25) is 9.59 Å². The number of hydrogen-bond acceptors (Lipinski definition) is 6. The second kappa shape index (κ2) is 12.8. The third kappa shape index (κ3) is 7.77. The van der Waals surface area contributed by atoms with E-state index in [0.717, 1.165) is 27.8 Å². The first kappa shape index (κ1) is 29.4. The predicted molar refractivity (Wildman–Crippen MR) is 158 cm³/mol. The molecule has 1 heterocycles. The van der Waals surface area contributed by atoms with Crippen LogP contribution in [0.4, 0.5) is 5.69 Å². The van der Waals surface area contributed by atoms with Crippen LogP contribution >= 0.6 is 0 Å². The molecule has 0 atom stereocenters. The molecule has 41 heavy (non-hydrogen) atoms. The van der Waals surface area contributed by atoms with E-state index in [1.807, 2.05) is 58.0 Å². The standard InChI is InChI=1S/C31H32N4O5S/c1-21-5-10-25(11-6-21)19-35(41(38,39)29-15-7-22(2)8-16-29)20-28-14-13-27(40-28)18-32-34-31(37)30(36)33-26-12-9-23(3)24(4)17-26/h5-18H,19-20H2,1-4H3,(H,33,36)(H,34,37)/b32-18+. The van der Waals surface area contributed by atoms with E-state index in [0.29, 0.717) is 11.4 Å². The molecule has 9 nitrogen and oxygen atoms in total. The number of nitrogens with zero attached hydrogens (tertiary/aromatic N) is 2. The Morgan fingerprint density at radius 1 is 0.805 bits per heavy atom. The number of amides is 2. The molecular formula is C31H32N4O5S. The van der Waals surface area contributed by atoms with Crippen molar-refractivity contribution in [1.29, 1.82) is 0 Å². The van der Waals surface area contributed by atoms with E-state index in [2.05, 4.69) is 15.8 Å². The van der Waals surface area contributed by atoms with E-state index in [4.69, 9.17) is 4.42 Å². The number of anilines is 1. The first-order valence-electron chi connectivity index (χ1n) is 12.9. The van der Waals surface area contributed by atoms with Gasteiger partial charge in [-0.05, 0) is 80.8 Å². The number of benzene rings is 3. The van der Waals surface area contributed by atoms with E-state index in [1.165, 1.54) is 10.5 Å². The van der Waals surface area contributed by atoms with Crippen LogP contribution in [0.3, 0.4) is 0 Å². The molecule has 0 fully saturated rings. The molecule has 0 aliphatic rings. The molecule has 0 aliphatic heterocycles. The second-order valence-corrected chi connectivity index (χ2v) is 11.8. The van der Waals surface area contributed by atoms with E-state index >= 15 is 0 Å². The van der Waals surface area contributed by atoms with Crippen molar-refractivity contribution in [3.05, 3.63) is 118 Å². The molecule has 10 heteroatoms. The Balaban J connectivity index is 1.43. The Labute approximate surface area is 239 Å². The molecule has 1 aromatic heterocycles. The highest BCUT2D eigenvalue weighted by Crippen LogP contribution is 2.23. The van der Waals surface area contributed by atoms with Gasteiger partial charge >= 0.3 is 11.8 Å². The highest BCUT2D eigenvalue weighted by molar-refractivity contribution is 7.89. The predicted octanol–water partition coefficient (Wildman–Crippen LogP) is 4.99. The molecule has 0 radical (unpaired) electrons. The molecule has 0 aliphatic carbocycles. The quantitative estimate of drug-likeness (QED) is 0.166. The summed E-state index contributed by atoms with van der Waals surface area (Å²) in [7, 11) is -3.85. The van der Waals surface area contributed by atoms with Gasteiger partial charge in [0, 0.05) is 12.2 Å². The van der Waals surface area contributed by atoms with Crippen LogP contribution in [-0.4, -0.2) is 30.8 Å². The maximum Gasteiger partial charge on any atom is 0.329 e. The molecule has 212 valence electrons. The number of hydrogen-bond donors (Lipinski definition) is 2. The fraction of sp³-hybridized carbons (Fsp3) is 0.194. The monoisotopic (exact) mass is 572 g/mol. The van der Waals surface area contributed by atoms with Gasteiger partial charge in [0.15, 0.2) is 0 Å². The zero-order valence-electron chi connectivity index (χ0n) is 23.3. The third-order valence-electron chi connectivity index (χ3n) is 6.48. The van der Waals surface area contributed by atoms with Crippen LogP contribution < -0.4 is 10.7 Å². The van der Waals surface area contributed by atoms with Gasteiger partial charge in [0.05, 0.1) is 17.7 Å². The largest absolute Gasteiger partial charge is 0.459 e. The SMILES string of the molecule is Cc1ccc(CN(Cc2ccc(/C=N/NC(=O)C(=O)Nc3ccc(C)c(C)c3)o2)S(=O)(=O)c2ccc(C)cc2)cc1. The number of rotatable bonds is 9. The maximum absolute atomic E-state index is 13.6. The molecule has 0 unspecified atom stereocenters. The van der Waals surface area contributed by atoms with Crippen molar-refractivity contribution < 1.29 is 22.4 Å². The van der Waals surface area contributed by atoms with Crippen molar-refractivity contribution in [2.24, 2.45) is 5.10 Å². The number of sulfonamides is 1. The van der Waals surface area contributed by atoms with Crippen LogP contribution in [0.2, 0.25) is 0 Å². The summed E-state index contributed by atoms with van der Waals surface area (Å²) in [5, 5.41) is 6.32. The summed E-state index contributed by atoms with van der Waals surface area (Å²) in [5.74, 6) is -1.15. The lowest BCUT2D eigenvalue weighted by Gasteiger charge is -2.21. The lowest BCUT2D eigenvalue weighted by atomic mass is 10.1. The van der Waals surface area contributed by atoms with Gasteiger partial charge in [0.2, 0.25) is 10.0 Å². The highest BCUT2D eigenvalue weighted by Gasteiger charge is 2.26. The molecule has 2 N–H and O–H groups in total. The number of aryl methyl sites for hydroxylation is 4. The summed E-state index contributed by atoms with van der Waals surface area (Å²) in [5.41, 5.74) is 7.59. The van der Waals surface area contributed by atoms with Crippen molar-refractivity contribution in [2.45, 2.75) is 45.7 Å². The van der Waals surface area contributed by atoms with E-state index in [-0.39, 0.29) is 23.7 Å². The van der Waals surface area contributed by atoms with Gasteiger partial charge < -0.3 is 9.73 Å². The number of carbonyl (C=O) groups excluding carboxylic acids is 2. The van der Waals surface area contributed by atoms with Crippen LogP contribution in [-0.2, 0) is 32.7 Å². The minimum Gasteiger partial charge on any atom is -0.459 e. The summed E-state index contributed by atoms with van der Waals surface area (Å²) >= 11 is 0. The lowest BCUT2D eigenvalue weighted by molar-refractivity contribution is -0.136. The summed E-state index contributed by atoms with van der Waals surface area (Å²) in [6.07, 6.45) is 1.24. The van der Waals surface area contributed by atoms with Gasteiger partial charge in [-0.1, -0.05) is 53.6 Å². The van der Waals surface area contributed by atoms with Gasteiger partial charge in [-0.2, -0.15) is 9.41 Å². The van der Waals surface area contributed by atoms with Gasteiger partial charge in [0.1, 0.15) is 11.5 Å². The summed E-state index contributed by atoms with van der Waals surface area (Å²) in [4.78, 5) is 24.5. The molecule has 0 saturated carbocycles. The maximum atomic E-state index is 13.6.